The number of carbonyl (C=O) groups is 2. The molecule has 0 aromatic rings. The van der Waals surface area contributed by atoms with Gasteiger partial charge in [-0.1, -0.05) is 6.92 Å². The number of ether oxygens (including phenoxy) is 1. The van der Waals surface area contributed by atoms with Gasteiger partial charge in [-0.3, -0.25) is 4.79 Å². The lowest BCUT2D eigenvalue weighted by Crippen LogP contribution is -2.44. The highest BCUT2D eigenvalue weighted by atomic mass is 16.5. The summed E-state index contributed by atoms with van der Waals surface area (Å²) in [6, 6.07) is 0.132. The first-order chi connectivity index (χ1) is 7.09. The highest BCUT2D eigenvalue weighted by molar-refractivity contribution is 5.94. The highest BCUT2D eigenvalue weighted by Crippen LogP contribution is 2.63. The summed E-state index contributed by atoms with van der Waals surface area (Å²) in [5.41, 5.74) is -0.372. The second kappa shape index (κ2) is 2.50. The van der Waals surface area contributed by atoms with Crippen molar-refractivity contribution >= 4 is 11.7 Å². The second-order valence-corrected chi connectivity index (χ2v) is 4.95. The van der Waals surface area contributed by atoms with Gasteiger partial charge in [-0.15, -0.1) is 0 Å². The standard InChI is InChI=1S/C11H16NO3/c1-3-10(14)11-4-8-5-12(11,7(2)13)9(11)6-15-8/h8-9H,3-6H2,1-2H3/q+1/t8-,9-,11-,12?/m1/s1. The first-order valence-electron chi connectivity index (χ1n) is 5.63. The van der Waals surface area contributed by atoms with Gasteiger partial charge in [0.25, 0.3) is 0 Å². The van der Waals surface area contributed by atoms with Crippen molar-refractivity contribution in [3.8, 4) is 0 Å². The highest BCUT2D eigenvalue weighted by Gasteiger charge is 2.90. The number of quaternary nitrogens is 1. The van der Waals surface area contributed by atoms with Crippen LogP contribution in [0.25, 0.3) is 0 Å². The molecular weight excluding hydrogens is 194 g/mol. The van der Waals surface area contributed by atoms with Crippen LogP contribution in [0.5, 0.6) is 0 Å². The number of hydrogen-bond acceptors (Lipinski definition) is 3. The van der Waals surface area contributed by atoms with Gasteiger partial charge in [0, 0.05) is 12.8 Å². The van der Waals surface area contributed by atoms with Crippen LogP contribution in [0.3, 0.4) is 0 Å². The Labute approximate surface area is 88.8 Å². The quantitative estimate of drug-likeness (QED) is 0.485. The van der Waals surface area contributed by atoms with Gasteiger partial charge in [-0.2, -0.15) is 0 Å². The fourth-order valence-corrected chi connectivity index (χ4v) is 3.99. The molecule has 1 unspecified atom stereocenters. The third-order valence-corrected chi connectivity index (χ3v) is 4.61. The van der Waals surface area contributed by atoms with Crippen LogP contribution in [0.2, 0.25) is 0 Å². The Balaban J connectivity index is 2.05. The van der Waals surface area contributed by atoms with E-state index < -0.39 is 0 Å². The van der Waals surface area contributed by atoms with E-state index >= 15 is 0 Å². The summed E-state index contributed by atoms with van der Waals surface area (Å²) < 4.78 is 5.98. The topological polar surface area (TPSA) is 43.4 Å². The van der Waals surface area contributed by atoms with Crippen molar-refractivity contribution in [2.24, 2.45) is 0 Å². The molecule has 4 aliphatic heterocycles. The molecule has 0 aromatic carbocycles. The molecule has 1 amide bonds. The van der Waals surface area contributed by atoms with Gasteiger partial charge in [0.15, 0.2) is 11.8 Å². The molecule has 4 saturated heterocycles. The summed E-state index contributed by atoms with van der Waals surface area (Å²) in [6.07, 6.45) is 1.44. The van der Waals surface area contributed by atoms with Crippen LogP contribution >= 0.6 is 0 Å². The lowest BCUT2D eigenvalue weighted by atomic mass is 9.91. The summed E-state index contributed by atoms with van der Waals surface area (Å²) in [5, 5.41) is 0. The number of ketones is 1. The van der Waals surface area contributed by atoms with Crippen LogP contribution < -0.4 is 0 Å². The molecule has 4 nitrogen and oxygen atoms in total. The van der Waals surface area contributed by atoms with Crippen molar-refractivity contribution in [2.75, 3.05) is 13.2 Å². The third kappa shape index (κ3) is 0.753. The number of morpholine rings is 1. The Bertz CT molecular complexity index is 367. The Morgan fingerprint density at radius 3 is 2.73 bits per heavy atom. The number of Topliss-reactive ketones (excluding diaryl/α,β-unsaturated/α-hetero) is 1. The smallest absolute Gasteiger partial charge is 0.312 e. The first-order valence-corrected chi connectivity index (χ1v) is 5.63. The van der Waals surface area contributed by atoms with Crippen LogP contribution in [-0.2, 0) is 14.3 Å². The Morgan fingerprint density at radius 2 is 2.27 bits per heavy atom. The zero-order valence-electron chi connectivity index (χ0n) is 9.16. The average Bonchev–Trinajstić information content (AvgIpc) is 2.73. The molecule has 4 heterocycles. The molecular formula is C11H16NO3+. The van der Waals surface area contributed by atoms with E-state index in [0.29, 0.717) is 17.5 Å². The molecule has 4 bridgehead atoms. The molecule has 0 aromatic heterocycles. The van der Waals surface area contributed by atoms with Crippen molar-refractivity contribution in [2.45, 2.75) is 44.4 Å². The molecule has 0 radical (unpaired) electrons. The van der Waals surface area contributed by atoms with E-state index in [1.165, 1.54) is 0 Å². The number of rotatable bonds is 2. The average molecular weight is 210 g/mol. The van der Waals surface area contributed by atoms with E-state index in [9.17, 15) is 9.59 Å². The molecule has 0 saturated carbocycles. The molecule has 4 aliphatic rings. The number of fused-ring (bicyclic) bond motifs is 1. The summed E-state index contributed by atoms with van der Waals surface area (Å²) >= 11 is 0. The van der Waals surface area contributed by atoms with Gasteiger partial charge in [-0.25, -0.2) is 9.28 Å². The SMILES string of the molecule is CCC(=O)[C@]12C[C@@H]3C[N+]1(C(C)=O)[C@@H]2CO3. The minimum atomic E-state index is -0.372. The maximum Gasteiger partial charge on any atom is 0.312 e. The third-order valence-electron chi connectivity index (χ3n) is 4.61. The molecule has 4 fully saturated rings. The van der Waals surface area contributed by atoms with E-state index in [4.69, 9.17) is 4.74 Å². The zero-order chi connectivity index (χ0) is 10.8. The molecule has 15 heavy (non-hydrogen) atoms. The molecule has 0 aliphatic carbocycles. The second-order valence-electron chi connectivity index (χ2n) is 4.95. The molecule has 4 heteroatoms. The largest absolute Gasteiger partial charge is 0.366 e. The minimum absolute atomic E-state index is 0.132. The van der Waals surface area contributed by atoms with Crippen LogP contribution in [0.1, 0.15) is 26.7 Å². The number of carbonyl (C=O) groups excluding carboxylic acids is 2. The van der Waals surface area contributed by atoms with Gasteiger partial charge < -0.3 is 4.74 Å². The van der Waals surface area contributed by atoms with Gasteiger partial charge in [0.2, 0.25) is 5.54 Å². The monoisotopic (exact) mass is 210 g/mol. The molecule has 4 atom stereocenters. The van der Waals surface area contributed by atoms with Crippen LogP contribution in [0.15, 0.2) is 0 Å². The van der Waals surface area contributed by atoms with Crippen molar-refractivity contribution in [1.29, 1.82) is 0 Å². The number of piperidine rings is 1. The van der Waals surface area contributed by atoms with Crippen molar-refractivity contribution < 1.29 is 18.8 Å². The van der Waals surface area contributed by atoms with Crippen molar-refractivity contribution in [3.63, 3.8) is 0 Å². The number of nitrogens with zero attached hydrogens (tertiary/aromatic N) is 1. The van der Waals surface area contributed by atoms with Gasteiger partial charge >= 0.3 is 5.91 Å². The van der Waals surface area contributed by atoms with Crippen LogP contribution in [0, 0.1) is 0 Å². The first kappa shape index (κ1) is 9.48. The van der Waals surface area contributed by atoms with Crippen LogP contribution in [0.4, 0.5) is 0 Å². The lowest BCUT2D eigenvalue weighted by molar-refractivity contribution is -0.754. The Morgan fingerprint density at radius 1 is 1.53 bits per heavy atom. The van der Waals surface area contributed by atoms with Crippen molar-refractivity contribution in [1.82, 2.24) is 0 Å². The molecule has 4 rings (SSSR count). The van der Waals surface area contributed by atoms with Gasteiger partial charge in [0.05, 0.1) is 6.92 Å². The Kier molecular flexibility index (Phi) is 1.58. The molecule has 0 N–H and O–H groups in total. The lowest BCUT2D eigenvalue weighted by Gasteiger charge is -2.22. The molecule has 82 valence electrons. The normalized spacial score (nSPS) is 50.3. The van der Waals surface area contributed by atoms with E-state index in [2.05, 4.69) is 0 Å². The summed E-state index contributed by atoms with van der Waals surface area (Å²) in [7, 11) is 0. The Hall–Kier alpha value is -0.740. The van der Waals surface area contributed by atoms with Gasteiger partial charge in [0.1, 0.15) is 19.3 Å². The van der Waals surface area contributed by atoms with Gasteiger partial charge in [-0.05, 0) is 0 Å². The maximum atomic E-state index is 12.1. The predicted octanol–water partition coefficient (Wildman–Crippen LogP) is 0.252. The van der Waals surface area contributed by atoms with E-state index in [1.54, 1.807) is 6.92 Å². The minimum Gasteiger partial charge on any atom is -0.366 e. The number of amides is 1. The summed E-state index contributed by atoms with van der Waals surface area (Å²) in [5.74, 6) is 0.404. The van der Waals surface area contributed by atoms with Crippen LogP contribution in [-0.4, -0.2) is 47.0 Å². The summed E-state index contributed by atoms with van der Waals surface area (Å²) in [4.78, 5) is 23.8. The zero-order valence-corrected chi connectivity index (χ0v) is 9.16. The van der Waals surface area contributed by atoms with E-state index in [1.807, 2.05) is 6.92 Å². The fourth-order valence-electron chi connectivity index (χ4n) is 3.99. The van der Waals surface area contributed by atoms with Crippen molar-refractivity contribution in [3.05, 3.63) is 0 Å². The van der Waals surface area contributed by atoms with E-state index in [-0.39, 0.29) is 29.4 Å². The summed E-state index contributed by atoms with van der Waals surface area (Å²) in [6.45, 7) is 4.82. The maximum absolute atomic E-state index is 12.1. The van der Waals surface area contributed by atoms with E-state index in [0.717, 1.165) is 13.0 Å². The predicted molar refractivity (Wildman–Crippen MR) is 52.0 cm³/mol. The molecule has 0 spiro atoms. The number of hydrogen-bond donors (Lipinski definition) is 0. The fraction of sp³-hybridized carbons (Fsp3) is 0.818.